The van der Waals surface area contributed by atoms with Gasteiger partial charge in [-0.25, -0.2) is 0 Å². The minimum atomic E-state index is -0.812. The minimum absolute atomic E-state index is 0.0420. The van der Waals surface area contributed by atoms with Crippen LogP contribution in [0.2, 0.25) is 0 Å². The molecule has 0 aliphatic heterocycles. The Kier molecular flexibility index (Phi) is 4.69. The number of hydrogen-bond donors (Lipinski definition) is 1. The standard InChI is InChI=1S/C13H17NO3/c1-3-12(15)14(2)11-6-4-5-10(9-11)7-8-13(16)17/h4-6,9H,3,7-8H2,1-2H3,(H,16,17). The number of aliphatic carboxylic acids is 1. The Labute approximate surface area is 101 Å². The molecule has 0 heterocycles. The number of amides is 1. The number of hydrogen-bond acceptors (Lipinski definition) is 2. The third kappa shape index (κ3) is 3.90. The van der Waals surface area contributed by atoms with Gasteiger partial charge in [0.1, 0.15) is 0 Å². The van der Waals surface area contributed by atoms with Crippen LogP contribution in [0.3, 0.4) is 0 Å². The van der Waals surface area contributed by atoms with Gasteiger partial charge in [-0.2, -0.15) is 0 Å². The molecule has 0 saturated carbocycles. The van der Waals surface area contributed by atoms with Gasteiger partial charge in [0.2, 0.25) is 5.91 Å². The second-order valence-electron chi connectivity index (χ2n) is 3.87. The van der Waals surface area contributed by atoms with Crippen LogP contribution in [0.15, 0.2) is 24.3 Å². The number of rotatable bonds is 5. The van der Waals surface area contributed by atoms with E-state index in [2.05, 4.69) is 0 Å². The van der Waals surface area contributed by atoms with E-state index in [4.69, 9.17) is 5.11 Å². The van der Waals surface area contributed by atoms with Gasteiger partial charge >= 0.3 is 5.97 Å². The molecule has 0 aliphatic carbocycles. The molecule has 0 spiro atoms. The largest absolute Gasteiger partial charge is 0.481 e. The van der Waals surface area contributed by atoms with Crippen LogP contribution in [0.4, 0.5) is 5.69 Å². The summed E-state index contributed by atoms with van der Waals surface area (Å²) in [7, 11) is 1.72. The molecule has 17 heavy (non-hydrogen) atoms. The van der Waals surface area contributed by atoms with Crippen molar-refractivity contribution in [1.29, 1.82) is 0 Å². The van der Waals surface area contributed by atoms with E-state index in [0.29, 0.717) is 12.8 Å². The summed E-state index contributed by atoms with van der Waals surface area (Å²) >= 11 is 0. The molecule has 1 aromatic carbocycles. The highest BCUT2D eigenvalue weighted by Gasteiger charge is 2.09. The average Bonchev–Trinajstić information content (AvgIpc) is 2.34. The number of carbonyl (C=O) groups excluding carboxylic acids is 1. The van der Waals surface area contributed by atoms with Crippen molar-refractivity contribution in [1.82, 2.24) is 0 Å². The van der Waals surface area contributed by atoms with Gasteiger partial charge in [-0.3, -0.25) is 9.59 Å². The number of carboxylic acid groups (broad SMARTS) is 1. The zero-order valence-electron chi connectivity index (χ0n) is 10.1. The van der Waals surface area contributed by atoms with Crippen LogP contribution >= 0.6 is 0 Å². The monoisotopic (exact) mass is 235 g/mol. The first-order chi connectivity index (χ1) is 8.04. The molecule has 0 radical (unpaired) electrons. The topological polar surface area (TPSA) is 57.6 Å². The normalized spacial score (nSPS) is 10.0. The Balaban J connectivity index is 2.78. The second-order valence-corrected chi connectivity index (χ2v) is 3.87. The summed E-state index contributed by atoms with van der Waals surface area (Å²) in [5, 5.41) is 8.62. The van der Waals surface area contributed by atoms with Crippen molar-refractivity contribution in [2.75, 3.05) is 11.9 Å². The van der Waals surface area contributed by atoms with Crippen molar-refractivity contribution in [3.05, 3.63) is 29.8 Å². The number of nitrogens with zero attached hydrogens (tertiary/aromatic N) is 1. The minimum Gasteiger partial charge on any atom is -0.481 e. The highest BCUT2D eigenvalue weighted by atomic mass is 16.4. The summed E-state index contributed by atoms with van der Waals surface area (Å²) in [5.74, 6) is -0.770. The van der Waals surface area contributed by atoms with Crippen molar-refractivity contribution in [3.8, 4) is 0 Å². The average molecular weight is 235 g/mol. The van der Waals surface area contributed by atoms with E-state index in [1.165, 1.54) is 0 Å². The van der Waals surface area contributed by atoms with E-state index in [1.54, 1.807) is 11.9 Å². The summed E-state index contributed by atoms with van der Waals surface area (Å²) in [6.45, 7) is 1.81. The lowest BCUT2D eigenvalue weighted by atomic mass is 10.1. The summed E-state index contributed by atoms with van der Waals surface area (Å²) in [6, 6.07) is 7.41. The maximum Gasteiger partial charge on any atom is 0.303 e. The molecule has 0 aliphatic rings. The van der Waals surface area contributed by atoms with Gasteiger partial charge in [0.25, 0.3) is 0 Å². The van der Waals surface area contributed by atoms with Crippen molar-refractivity contribution in [2.45, 2.75) is 26.2 Å². The first-order valence-electron chi connectivity index (χ1n) is 5.62. The molecule has 0 aromatic heterocycles. The van der Waals surface area contributed by atoms with Gasteiger partial charge < -0.3 is 10.0 Å². The van der Waals surface area contributed by atoms with Crippen molar-refractivity contribution >= 4 is 17.6 Å². The van der Waals surface area contributed by atoms with Crippen LogP contribution in [-0.4, -0.2) is 24.0 Å². The first-order valence-corrected chi connectivity index (χ1v) is 5.62. The SMILES string of the molecule is CCC(=O)N(C)c1cccc(CCC(=O)O)c1. The number of carbonyl (C=O) groups is 2. The fourth-order valence-electron chi connectivity index (χ4n) is 1.55. The molecule has 0 saturated heterocycles. The summed E-state index contributed by atoms with van der Waals surface area (Å²) in [6.07, 6.45) is 1.04. The Morgan fingerprint density at radius 2 is 2.06 bits per heavy atom. The van der Waals surface area contributed by atoms with Gasteiger partial charge in [-0.15, -0.1) is 0 Å². The Bertz CT molecular complexity index is 415. The molecule has 1 rings (SSSR count). The summed E-state index contributed by atoms with van der Waals surface area (Å²) in [5.41, 5.74) is 1.74. The quantitative estimate of drug-likeness (QED) is 0.850. The highest BCUT2D eigenvalue weighted by molar-refractivity contribution is 5.92. The summed E-state index contributed by atoms with van der Waals surface area (Å²) in [4.78, 5) is 23.6. The zero-order valence-corrected chi connectivity index (χ0v) is 10.1. The van der Waals surface area contributed by atoms with Gasteiger partial charge in [0.05, 0.1) is 0 Å². The van der Waals surface area contributed by atoms with Crippen molar-refractivity contribution in [2.24, 2.45) is 0 Å². The van der Waals surface area contributed by atoms with Crippen LogP contribution < -0.4 is 4.90 Å². The van der Waals surface area contributed by atoms with Crippen LogP contribution in [0.25, 0.3) is 0 Å². The van der Waals surface area contributed by atoms with Crippen molar-refractivity contribution < 1.29 is 14.7 Å². The number of carboxylic acids is 1. The lowest BCUT2D eigenvalue weighted by Crippen LogP contribution is -2.25. The fraction of sp³-hybridized carbons (Fsp3) is 0.385. The fourth-order valence-corrected chi connectivity index (χ4v) is 1.55. The van der Waals surface area contributed by atoms with Gasteiger partial charge in [0.15, 0.2) is 0 Å². The molecule has 0 bridgehead atoms. The van der Waals surface area contributed by atoms with Crippen LogP contribution in [0.1, 0.15) is 25.3 Å². The maximum atomic E-state index is 11.5. The van der Waals surface area contributed by atoms with E-state index in [1.807, 2.05) is 31.2 Å². The van der Waals surface area contributed by atoms with E-state index < -0.39 is 5.97 Å². The maximum absolute atomic E-state index is 11.5. The molecule has 4 heteroatoms. The van der Waals surface area contributed by atoms with Crippen LogP contribution in [0, 0.1) is 0 Å². The predicted molar refractivity (Wildman–Crippen MR) is 66.1 cm³/mol. The number of benzene rings is 1. The first kappa shape index (κ1) is 13.2. The lowest BCUT2D eigenvalue weighted by molar-refractivity contribution is -0.137. The molecule has 0 atom stereocenters. The third-order valence-corrected chi connectivity index (χ3v) is 2.60. The van der Waals surface area contributed by atoms with E-state index in [0.717, 1.165) is 11.3 Å². The molecule has 1 aromatic rings. The lowest BCUT2D eigenvalue weighted by Gasteiger charge is -2.17. The van der Waals surface area contributed by atoms with Gasteiger partial charge in [0, 0.05) is 25.6 Å². The Morgan fingerprint density at radius 3 is 2.65 bits per heavy atom. The van der Waals surface area contributed by atoms with Crippen molar-refractivity contribution in [3.63, 3.8) is 0 Å². The Hall–Kier alpha value is -1.84. The molecule has 92 valence electrons. The molecule has 4 nitrogen and oxygen atoms in total. The van der Waals surface area contributed by atoms with Crippen LogP contribution in [-0.2, 0) is 16.0 Å². The number of anilines is 1. The van der Waals surface area contributed by atoms with E-state index in [-0.39, 0.29) is 12.3 Å². The number of aryl methyl sites for hydroxylation is 1. The molecular formula is C13H17NO3. The molecule has 0 fully saturated rings. The predicted octanol–water partition coefficient (Wildman–Crippen LogP) is 2.08. The third-order valence-electron chi connectivity index (χ3n) is 2.60. The molecule has 1 amide bonds. The molecule has 1 N–H and O–H groups in total. The second kappa shape index (κ2) is 6.03. The van der Waals surface area contributed by atoms with E-state index >= 15 is 0 Å². The van der Waals surface area contributed by atoms with Gasteiger partial charge in [-0.1, -0.05) is 19.1 Å². The van der Waals surface area contributed by atoms with E-state index in [9.17, 15) is 9.59 Å². The van der Waals surface area contributed by atoms with Crippen LogP contribution in [0.5, 0.6) is 0 Å². The zero-order chi connectivity index (χ0) is 12.8. The Morgan fingerprint density at radius 1 is 1.35 bits per heavy atom. The molecular weight excluding hydrogens is 218 g/mol. The highest BCUT2D eigenvalue weighted by Crippen LogP contribution is 2.16. The summed E-state index contributed by atoms with van der Waals surface area (Å²) < 4.78 is 0. The van der Waals surface area contributed by atoms with Gasteiger partial charge in [-0.05, 0) is 24.1 Å². The molecule has 0 unspecified atom stereocenters. The smallest absolute Gasteiger partial charge is 0.303 e.